The monoisotopic (exact) mass is 549 g/mol. The van der Waals surface area contributed by atoms with Gasteiger partial charge in [-0.1, -0.05) is 12.8 Å². The SMILES string of the molecule is CCNC(=NCC1(CCOCC)CCCC1)NCCc1cc(F)cc2c1OCOC2.I. The molecule has 1 saturated carbocycles. The highest BCUT2D eigenvalue weighted by atomic mass is 127. The lowest BCUT2D eigenvalue weighted by atomic mass is 9.83. The molecule has 0 atom stereocenters. The molecule has 0 spiro atoms. The smallest absolute Gasteiger partial charge is 0.191 e. The Hall–Kier alpha value is -1.13. The molecule has 0 radical (unpaired) electrons. The number of hydrogen-bond acceptors (Lipinski definition) is 4. The van der Waals surface area contributed by atoms with Crippen molar-refractivity contribution in [3.8, 4) is 5.75 Å². The van der Waals surface area contributed by atoms with Crippen LogP contribution in [0.5, 0.6) is 5.75 Å². The van der Waals surface area contributed by atoms with Crippen LogP contribution in [0.1, 0.15) is 57.1 Å². The number of aliphatic imine (C=N–C) groups is 1. The molecular formula is C23H37FIN3O3. The van der Waals surface area contributed by atoms with Gasteiger partial charge in [0.2, 0.25) is 0 Å². The summed E-state index contributed by atoms with van der Waals surface area (Å²) in [6, 6.07) is 3.04. The maximum atomic E-state index is 13.9. The van der Waals surface area contributed by atoms with Crippen molar-refractivity contribution in [1.82, 2.24) is 10.6 Å². The summed E-state index contributed by atoms with van der Waals surface area (Å²) < 4.78 is 30.4. The number of rotatable bonds is 10. The Bertz CT molecular complexity index is 712. The molecule has 1 fully saturated rings. The lowest BCUT2D eigenvalue weighted by molar-refractivity contribution is -0.0172. The summed E-state index contributed by atoms with van der Waals surface area (Å²) in [5.41, 5.74) is 1.89. The molecule has 2 N–H and O–H groups in total. The van der Waals surface area contributed by atoms with Gasteiger partial charge in [-0.05, 0) is 62.6 Å². The van der Waals surface area contributed by atoms with E-state index in [4.69, 9.17) is 19.2 Å². The van der Waals surface area contributed by atoms with E-state index in [0.717, 1.165) is 55.6 Å². The van der Waals surface area contributed by atoms with Crippen LogP contribution in [0, 0.1) is 11.2 Å². The van der Waals surface area contributed by atoms with Crippen molar-refractivity contribution >= 4 is 29.9 Å². The van der Waals surface area contributed by atoms with Gasteiger partial charge in [-0.15, -0.1) is 24.0 Å². The third kappa shape index (κ3) is 7.75. The second-order valence-corrected chi connectivity index (χ2v) is 8.19. The minimum atomic E-state index is -0.254. The first-order chi connectivity index (χ1) is 14.7. The van der Waals surface area contributed by atoms with E-state index in [1.165, 1.54) is 31.7 Å². The zero-order valence-corrected chi connectivity index (χ0v) is 21.1. The van der Waals surface area contributed by atoms with Gasteiger partial charge < -0.3 is 24.8 Å². The summed E-state index contributed by atoms with van der Waals surface area (Å²) in [5, 5.41) is 6.74. The minimum absolute atomic E-state index is 0. The third-order valence-corrected chi connectivity index (χ3v) is 6.00. The van der Waals surface area contributed by atoms with Gasteiger partial charge in [0.1, 0.15) is 11.6 Å². The van der Waals surface area contributed by atoms with Gasteiger partial charge >= 0.3 is 0 Å². The van der Waals surface area contributed by atoms with Crippen molar-refractivity contribution in [2.75, 3.05) is 39.6 Å². The van der Waals surface area contributed by atoms with E-state index in [2.05, 4.69) is 17.6 Å². The summed E-state index contributed by atoms with van der Waals surface area (Å²) in [6.07, 6.45) is 6.72. The zero-order chi connectivity index (χ0) is 21.2. The van der Waals surface area contributed by atoms with E-state index < -0.39 is 0 Å². The number of nitrogens with one attached hydrogen (secondary N) is 2. The van der Waals surface area contributed by atoms with E-state index in [1.54, 1.807) is 6.07 Å². The van der Waals surface area contributed by atoms with E-state index in [-0.39, 0.29) is 42.0 Å². The Kier molecular flexibility index (Phi) is 11.3. The Morgan fingerprint density at radius 3 is 2.77 bits per heavy atom. The van der Waals surface area contributed by atoms with Crippen LogP contribution in [-0.2, 0) is 22.5 Å². The van der Waals surface area contributed by atoms with Gasteiger partial charge in [-0.3, -0.25) is 4.99 Å². The molecule has 2 aliphatic rings. The molecular weight excluding hydrogens is 512 g/mol. The lowest BCUT2D eigenvalue weighted by Gasteiger charge is -2.27. The fraction of sp³-hybridized carbons (Fsp3) is 0.696. The van der Waals surface area contributed by atoms with Gasteiger partial charge in [0.25, 0.3) is 0 Å². The Balaban J connectivity index is 0.00000341. The van der Waals surface area contributed by atoms with Crippen molar-refractivity contribution in [2.24, 2.45) is 10.4 Å². The van der Waals surface area contributed by atoms with Crippen LogP contribution in [0.3, 0.4) is 0 Å². The molecule has 6 nitrogen and oxygen atoms in total. The van der Waals surface area contributed by atoms with Gasteiger partial charge in [0.05, 0.1) is 6.61 Å². The standard InChI is InChI=1S/C23H36FN3O3.HI/c1-3-25-22(27-16-23(8-5-6-9-23)10-12-28-4-2)26-11-7-18-13-20(24)14-19-15-29-17-30-21(18)19;/h13-14H,3-12,15-17H2,1-2H3,(H2,25,26,27);1H. The van der Waals surface area contributed by atoms with E-state index >= 15 is 0 Å². The number of nitrogens with zero attached hydrogens (tertiary/aromatic N) is 1. The van der Waals surface area contributed by atoms with Crippen molar-refractivity contribution < 1.29 is 18.6 Å². The van der Waals surface area contributed by atoms with Gasteiger partial charge in [-0.25, -0.2) is 4.39 Å². The molecule has 176 valence electrons. The van der Waals surface area contributed by atoms with Crippen LogP contribution in [0.15, 0.2) is 17.1 Å². The third-order valence-electron chi connectivity index (χ3n) is 6.00. The molecule has 1 aliphatic carbocycles. The Labute approximate surface area is 202 Å². The van der Waals surface area contributed by atoms with E-state index in [9.17, 15) is 4.39 Å². The molecule has 0 saturated heterocycles. The van der Waals surface area contributed by atoms with Crippen LogP contribution >= 0.6 is 24.0 Å². The summed E-state index contributed by atoms with van der Waals surface area (Å²) in [6.45, 7) is 8.55. The molecule has 1 aliphatic heterocycles. The molecule has 1 aromatic rings. The summed E-state index contributed by atoms with van der Waals surface area (Å²) in [7, 11) is 0. The molecule has 8 heteroatoms. The van der Waals surface area contributed by atoms with Crippen molar-refractivity contribution in [1.29, 1.82) is 0 Å². The predicted octanol–water partition coefficient (Wildman–Crippen LogP) is 4.39. The van der Waals surface area contributed by atoms with Crippen molar-refractivity contribution in [2.45, 2.75) is 59.0 Å². The van der Waals surface area contributed by atoms with Crippen LogP contribution in [0.25, 0.3) is 0 Å². The van der Waals surface area contributed by atoms with Crippen molar-refractivity contribution in [3.63, 3.8) is 0 Å². The topological polar surface area (TPSA) is 64.1 Å². The van der Waals surface area contributed by atoms with Crippen LogP contribution < -0.4 is 15.4 Å². The van der Waals surface area contributed by atoms with Crippen LogP contribution in [0.4, 0.5) is 4.39 Å². The first kappa shape index (κ1) is 26.1. The normalized spacial score (nSPS) is 17.5. The van der Waals surface area contributed by atoms with Crippen LogP contribution in [-0.4, -0.2) is 45.6 Å². The van der Waals surface area contributed by atoms with Gasteiger partial charge in [0, 0.05) is 38.4 Å². The van der Waals surface area contributed by atoms with Gasteiger partial charge in [0.15, 0.2) is 12.8 Å². The van der Waals surface area contributed by atoms with Crippen LogP contribution in [0.2, 0.25) is 0 Å². The second kappa shape index (κ2) is 13.4. The number of guanidine groups is 1. The number of halogens is 2. The Morgan fingerprint density at radius 1 is 1.23 bits per heavy atom. The van der Waals surface area contributed by atoms with E-state index in [0.29, 0.717) is 19.6 Å². The highest BCUT2D eigenvalue weighted by molar-refractivity contribution is 14.0. The molecule has 31 heavy (non-hydrogen) atoms. The summed E-state index contributed by atoms with van der Waals surface area (Å²) in [5.74, 6) is 1.32. The fourth-order valence-corrected chi connectivity index (χ4v) is 4.39. The molecule has 0 bridgehead atoms. The highest BCUT2D eigenvalue weighted by Gasteiger charge is 2.33. The van der Waals surface area contributed by atoms with Gasteiger partial charge in [-0.2, -0.15) is 0 Å². The highest BCUT2D eigenvalue weighted by Crippen LogP contribution is 2.41. The molecule has 1 aromatic carbocycles. The molecule has 1 heterocycles. The number of ether oxygens (including phenoxy) is 3. The molecule has 0 unspecified atom stereocenters. The van der Waals surface area contributed by atoms with Crippen molar-refractivity contribution in [3.05, 3.63) is 29.1 Å². The average Bonchev–Trinajstić information content (AvgIpc) is 3.21. The second-order valence-electron chi connectivity index (χ2n) is 8.19. The first-order valence-electron chi connectivity index (χ1n) is 11.3. The molecule has 0 amide bonds. The number of hydrogen-bond donors (Lipinski definition) is 2. The summed E-state index contributed by atoms with van der Waals surface area (Å²) in [4.78, 5) is 4.90. The Morgan fingerprint density at radius 2 is 2.03 bits per heavy atom. The largest absolute Gasteiger partial charge is 0.467 e. The maximum Gasteiger partial charge on any atom is 0.191 e. The fourth-order valence-electron chi connectivity index (χ4n) is 4.39. The lowest BCUT2D eigenvalue weighted by Crippen LogP contribution is -2.39. The zero-order valence-electron chi connectivity index (χ0n) is 18.8. The maximum absolute atomic E-state index is 13.9. The molecule has 0 aromatic heterocycles. The molecule has 3 rings (SSSR count). The quantitative estimate of drug-likeness (QED) is 0.196. The average molecular weight is 549 g/mol. The number of fused-ring (bicyclic) bond motifs is 1. The minimum Gasteiger partial charge on any atom is -0.467 e. The first-order valence-corrected chi connectivity index (χ1v) is 11.3. The predicted molar refractivity (Wildman–Crippen MR) is 132 cm³/mol. The van der Waals surface area contributed by atoms with E-state index in [1.807, 2.05) is 6.92 Å². The summed E-state index contributed by atoms with van der Waals surface area (Å²) >= 11 is 0. The number of benzene rings is 1.